The average Bonchev–Trinajstić information content (AvgIpc) is 2.81. The highest BCUT2D eigenvalue weighted by atomic mass is 35.5. The van der Waals surface area contributed by atoms with Crippen molar-refractivity contribution in [1.82, 2.24) is 14.6 Å². The zero-order chi connectivity index (χ0) is 12.0. The third-order valence-corrected chi connectivity index (χ3v) is 3.89. The lowest BCUT2D eigenvalue weighted by Crippen LogP contribution is -2.02. The molecule has 1 aromatic carbocycles. The number of hydrogen-bond acceptors (Lipinski definition) is 3. The summed E-state index contributed by atoms with van der Waals surface area (Å²) in [7, 11) is 0. The molecule has 2 aromatic heterocycles. The van der Waals surface area contributed by atoms with E-state index in [1.165, 1.54) is 11.3 Å². The molecule has 0 unspecified atom stereocenters. The summed E-state index contributed by atoms with van der Waals surface area (Å²) in [5.74, 6) is 0. The molecule has 0 aliphatic heterocycles. The lowest BCUT2D eigenvalue weighted by Gasteiger charge is -2.01. The third kappa shape index (κ3) is 1.76. The number of aromatic nitrogens is 3. The minimum Gasteiger partial charge on any atom is -0.244 e. The van der Waals surface area contributed by atoms with E-state index >= 15 is 0 Å². The van der Waals surface area contributed by atoms with Crippen molar-refractivity contribution in [3.8, 4) is 11.3 Å². The Balaban J connectivity index is 2.26. The van der Waals surface area contributed by atoms with Gasteiger partial charge in [0.25, 0.3) is 0 Å². The molecule has 17 heavy (non-hydrogen) atoms. The lowest BCUT2D eigenvalue weighted by atomic mass is 10.2. The van der Waals surface area contributed by atoms with Crippen LogP contribution >= 0.6 is 34.5 Å². The Bertz CT molecular complexity index is 758. The SMILES string of the molecule is O=c1nc2scc(-c3ccc(Cl)c(Cl)c3)n2[nH]1. The maximum Gasteiger partial charge on any atom is 0.362 e. The molecule has 4 nitrogen and oxygen atoms in total. The largest absolute Gasteiger partial charge is 0.362 e. The van der Waals surface area contributed by atoms with Gasteiger partial charge in [0.15, 0.2) is 0 Å². The van der Waals surface area contributed by atoms with Gasteiger partial charge in [0, 0.05) is 10.9 Å². The third-order valence-electron chi connectivity index (χ3n) is 2.33. The van der Waals surface area contributed by atoms with E-state index in [4.69, 9.17) is 23.2 Å². The summed E-state index contributed by atoms with van der Waals surface area (Å²) in [6.07, 6.45) is 0. The molecule has 0 saturated heterocycles. The highest BCUT2D eigenvalue weighted by Gasteiger charge is 2.09. The number of aromatic amines is 1. The number of halogens is 2. The Labute approximate surface area is 109 Å². The molecule has 0 bridgehead atoms. The first-order chi connectivity index (χ1) is 8.15. The normalized spacial score (nSPS) is 11.2. The van der Waals surface area contributed by atoms with Gasteiger partial charge in [-0.05, 0) is 12.1 Å². The van der Waals surface area contributed by atoms with E-state index in [0.717, 1.165) is 11.3 Å². The van der Waals surface area contributed by atoms with Crippen molar-refractivity contribution in [1.29, 1.82) is 0 Å². The van der Waals surface area contributed by atoms with Gasteiger partial charge in [-0.2, -0.15) is 4.98 Å². The van der Waals surface area contributed by atoms with Crippen LogP contribution in [0.15, 0.2) is 28.4 Å². The van der Waals surface area contributed by atoms with Crippen LogP contribution in [-0.2, 0) is 0 Å². The van der Waals surface area contributed by atoms with Gasteiger partial charge < -0.3 is 0 Å². The van der Waals surface area contributed by atoms with Crippen LogP contribution in [0.3, 0.4) is 0 Å². The number of nitrogens with zero attached hydrogens (tertiary/aromatic N) is 2. The standard InChI is InChI=1S/C10H5Cl2N3OS/c11-6-2-1-5(3-7(6)12)8-4-17-10-13-9(16)14-15(8)10/h1-4H,(H,14,16). The molecule has 0 aliphatic rings. The number of benzene rings is 1. The summed E-state index contributed by atoms with van der Waals surface area (Å²) in [4.78, 5) is 15.6. The molecule has 1 N–H and O–H groups in total. The second-order valence-electron chi connectivity index (χ2n) is 3.40. The number of rotatable bonds is 1. The topological polar surface area (TPSA) is 50.2 Å². The van der Waals surface area contributed by atoms with Gasteiger partial charge in [0.05, 0.1) is 15.7 Å². The smallest absolute Gasteiger partial charge is 0.244 e. The van der Waals surface area contributed by atoms with Crippen LogP contribution in [0.5, 0.6) is 0 Å². The number of H-pyrrole nitrogens is 1. The highest BCUT2D eigenvalue weighted by Crippen LogP contribution is 2.30. The number of nitrogens with one attached hydrogen (secondary N) is 1. The van der Waals surface area contributed by atoms with E-state index in [1.54, 1.807) is 16.6 Å². The predicted octanol–water partition coefficient (Wildman–Crippen LogP) is 3.06. The Morgan fingerprint density at radius 3 is 2.88 bits per heavy atom. The van der Waals surface area contributed by atoms with E-state index in [0.29, 0.717) is 15.0 Å². The summed E-state index contributed by atoms with van der Waals surface area (Å²) < 4.78 is 1.63. The van der Waals surface area contributed by atoms with Crippen molar-refractivity contribution in [3.05, 3.63) is 44.1 Å². The molecule has 0 fully saturated rings. The Morgan fingerprint density at radius 2 is 2.12 bits per heavy atom. The van der Waals surface area contributed by atoms with Gasteiger partial charge in [0.1, 0.15) is 0 Å². The summed E-state index contributed by atoms with van der Waals surface area (Å²) in [6, 6.07) is 5.31. The molecule has 3 rings (SSSR count). The van der Waals surface area contributed by atoms with Crippen LogP contribution < -0.4 is 5.69 Å². The van der Waals surface area contributed by atoms with Gasteiger partial charge in [-0.15, -0.1) is 11.3 Å². The molecule has 7 heteroatoms. The summed E-state index contributed by atoms with van der Waals surface area (Å²) in [5.41, 5.74) is 1.34. The fourth-order valence-electron chi connectivity index (χ4n) is 1.56. The zero-order valence-corrected chi connectivity index (χ0v) is 10.6. The minimum absolute atomic E-state index is 0.363. The van der Waals surface area contributed by atoms with Crippen molar-refractivity contribution in [2.75, 3.05) is 0 Å². The molecule has 0 atom stereocenters. The Hall–Kier alpha value is -1.30. The number of hydrogen-bond donors (Lipinski definition) is 1. The number of thiazole rings is 1. The van der Waals surface area contributed by atoms with Crippen LogP contribution in [0, 0.1) is 0 Å². The minimum atomic E-state index is -0.363. The van der Waals surface area contributed by atoms with Crippen molar-refractivity contribution in [2.24, 2.45) is 0 Å². The molecule has 0 spiro atoms. The van der Waals surface area contributed by atoms with E-state index in [9.17, 15) is 4.79 Å². The van der Waals surface area contributed by atoms with E-state index < -0.39 is 0 Å². The molecule has 0 saturated carbocycles. The van der Waals surface area contributed by atoms with Crippen molar-refractivity contribution in [3.63, 3.8) is 0 Å². The maximum atomic E-state index is 11.1. The molecule has 2 heterocycles. The van der Waals surface area contributed by atoms with Gasteiger partial charge in [-0.25, -0.2) is 14.4 Å². The van der Waals surface area contributed by atoms with Gasteiger partial charge in [0.2, 0.25) is 4.96 Å². The number of fused-ring (bicyclic) bond motifs is 1. The summed E-state index contributed by atoms with van der Waals surface area (Å²) >= 11 is 13.2. The van der Waals surface area contributed by atoms with E-state index in [2.05, 4.69) is 10.1 Å². The Kier molecular flexibility index (Phi) is 2.47. The lowest BCUT2D eigenvalue weighted by molar-refractivity contribution is 0.953. The monoisotopic (exact) mass is 285 g/mol. The second kappa shape index (κ2) is 3.87. The van der Waals surface area contributed by atoms with Crippen molar-refractivity contribution in [2.45, 2.75) is 0 Å². The highest BCUT2D eigenvalue weighted by molar-refractivity contribution is 7.15. The van der Waals surface area contributed by atoms with Gasteiger partial charge >= 0.3 is 5.69 Å². The van der Waals surface area contributed by atoms with Crippen LogP contribution in [0.1, 0.15) is 0 Å². The summed E-state index contributed by atoms with van der Waals surface area (Å²) in [5, 5.41) is 5.50. The predicted molar refractivity (Wildman–Crippen MR) is 69.1 cm³/mol. The van der Waals surface area contributed by atoms with Crippen molar-refractivity contribution >= 4 is 39.5 Å². The molecular weight excluding hydrogens is 281 g/mol. The fourth-order valence-corrected chi connectivity index (χ4v) is 2.70. The second-order valence-corrected chi connectivity index (χ2v) is 5.05. The van der Waals surface area contributed by atoms with Gasteiger partial charge in [-0.3, -0.25) is 0 Å². The van der Waals surface area contributed by atoms with Crippen LogP contribution in [0.2, 0.25) is 10.0 Å². The zero-order valence-electron chi connectivity index (χ0n) is 8.28. The average molecular weight is 286 g/mol. The summed E-state index contributed by atoms with van der Waals surface area (Å²) in [6.45, 7) is 0. The fraction of sp³-hybridized carbons (Fsp3) is 0. The first kappa shape index (κ1) is 10.8. The van der Waals surface area contributed by atoms with Crippen molar-refractivity contribution < 1.29 is 0 Å². The van der Waals surface area contributed by atoms with Crippen LogP contribution in [0.4, 0.5) is 0 Å². The van der Waals surface area contributed by atoms with Gasteiger partial charge in [-0.1, -0.05) is 29.3 Å². The maximum absolute atomic E-state index is 11.1. The first-order valence-corrected chi connectivity index (χ1v) is 6.30. The van der Waals surface area contributed by atoms with E-state index in [1.807, 2.05) is 11.4 Å². The van der Waals surface area contributed by atoms with Crippen LogP contribution in [0.25, 0.3) is 16.2 Å². The molecule has 0 aliphatic carbocycles. The molecular formula is C10H5Cl2N3OS. The molecule has 86 valence electrons. The molecule has 0 radical (unpaired) electrons. The molecule has 3 aromatic rings. The first-order valence-electron chi connectivity index (χ1n) is 4.67. The molecule has 0 amide bonds. The van der Waals surface area contributed by atoms with E-state index in [-0.39, 0.29) is 5.69 Å². The quantitative estimate of drug-likeness (QED) is 0.747. The van der Waals surface area contributed by atoms with Crippen LogP contribution in [-0.4, -0.2) is 14.6 Å². The Morgan fingerprint density at radius 1 is 1.29 bits per heavy atom.